The van der Waals surface area contributed by atoms with Gasteiger partial charge in [-0.25, -0.2) is 17.5 Å². The molecule has 2 aromatic carbocycles. The minimum atomic E-state index is -3.93. The van der Waals surface area contributed by atoms with E-state index in [9.17, 15) is 12.8 Å². The summed E-state index contributed by atoms with van der Waals surface area (Å²) in [6.45, 7) is 0.931. The molecule has 0 bridgehead atoms. The smallest absolute Gasteiger partial charge is 0.243 e. The van der Waals surface area contributed by atoms with E-state index < -0.39 is 20.7 Å². The highest BCUT2D eigenvalue weighted by atomic mass is 35.5. The van der Waals surface area contributed by atoms with E-state index in [1.165, 1.54) is 17.7 Å². The van der Waals surface area contributed by atoms with Gasteiger partial charge in [0.15, 0.2) is 0 Å². The van der Waals surface area contributed by atoms with Crippen molar-refractivity contribution in [2.75, 3.05) is 13.1 Å². The van der Waals surface area contributed by atoms with E-state index in [1.807, 2.05) is 24.3 Å². The summed E-state index contributed by atoms with van der Waals surface area (Å²) >= 11 is 5.66. The average Bonchev–Trinajstić information content (AvgIpc) is 2.52. The van der Waals surface area contributed by atoms with Gasteiger partial charge in [0, 0.05) is 17.6 Å². The number of rotatable bonds is 4. The van der Waals surface area contributed by atoms with E-state index in [4.69, 9.17) is 11.6 Å². The highest BCUT2D eigenvalue weighted by molar-refractivity contribution is 7.89. The van der Waals surface area contributed by atoms with E-state index in [1.54, 1.807) is 0 Å². The molecule has 0 saturated carbocycles. The molecule has 2 aromatic rings. The summed E-state index contributed by atoms with van der Waals surface area (Å²) in [5, 5.41) is 3.44. The Labute approximate surface area is 139 Å². The van der Waals surface area contributed by atoms with Gasteiger partial charge in [0.2, 0.25) is 10.0 Å². The van der Waals surface area contributed by atoms with Crippen LogP contribution in [0.1, 0.15) is 17.2 Å². The molecule has 1 atom stereocenters. The zero-order valence-electron chi connectivity index (χ0n) is 12.2. The van der Waals surface area contributed by atoms with Crippen LogP contribution in [0.2, 0.25) is 5.02 Å². The van der Waals surface area contributed by atoms with Gasteiger partial charge in [0.05, 0.1) is 0 Å². The Hall–Kier alpha value is -1.47. The fourth-order valence-electron chi connectivity index (χ4n) is 2.74. The van der Waals surface area contributed by atoms with Gasteiger partial charge in [-0.3, -0.25) is 0 Å². The van der Waals surface area contributed by atoms with Crippen LogP contribution in [0.5, 0.6) is 0 Å². The van der Waals surface area contributed by atoms with Crippen molar-refractivity contribution in [1.82, 2.24) is 10.0 Å². The Morgan fingerprint density at radius 2 is 2.04 bits per heavy atom. The van der Waals surface area contributed by atoms with Gasteiger partial charge >= 0.3 is 0 Å². The van der Waals surface area contributed by atoms with Crippen molar-refractivity contribution in [3.8, 4) is 0 Å². The molecule has 0 radical (unpaired) electrons. The lowest BCUT2D eigenvalue weighted by Gasteiger charge is -2.27. The second-order valence-corrected chi connectivity index (χ2v) is 7.55. The molecule has 122 valence electrons. The van der Waals surface area contributed by atoms with Crippen LogP contribution in [-0.2, 0) is 16.4 Å². The SMILES string of the molecule is O=S(=O)(NCC1NCCc2ccccc21)c1ccc(Cl)cc1F. The van der Waals surface area contributed by atoms with Gasteiger partial charge in [-0.1, -0.05) is 35.9 Å². The monoisotopic (exact) mass is 354 g/mol. The largest absolute Gasteiger partial charge is 0.308 e. The van der Waals surface area contributed by atoms with Crippen LogP contribution >= 0.6 is 11.6 Å². The molecule has 0 aliphatic carbocycles. The van der Waals surface area contributed by atoms with Crippen molar-refractivity contribution in [2.45, 2.75) is 17.4 Å². The summed E-state index contributed by atoms with van der Waals surface area (Å²) < 4.78 is 40.9. The minimum Gasteiger partial charge on any atom is -0.308 e. The molecule has 1 heterocycles. The molecule has 0 amide bonds. The third-order valence-corrected chi connectivity index (χ3v) is 5.57. The van der Waals surface area contributed by atoms with E-state index in [0.29, 0.717) is 0 Å². The van der Waals surface area contributed by atoms with Gasteiger partial charge < -0.3 is 5.32 Å². The Balaban J connectivity index is 1.78. The second-order valence-electron chi connectivity index (χ2n) is 5.38. The molecule has 7 heteroatoms. The Morgan fingerprint density at radius 3 is 2.83 bits per heavy atom. The summed E-state index contributed by atoms with van der Waals surface area (Å²) in [4.78, 5) is -0.397. The third kappa shape index (κ3) is 3.55. The molecule has 2 N–H and O–H groups in total. The standard InChI is InChI=1S/C16H16ClFN2O2S/c17-12-5-6-16(14(18)9-12)23(21,22)20-10-15-13-4-2-1-3-11(13)7-8-19-15/h1-6,9,15,19-20H,7-8,10H2. The normalized spacial score (nSPS) is 17.7. The molecule has 3 rings (SSSR count). The second kappa shape index (κ2) is 6.57. The lowest BCUT2D eigenvalue weighted by Crippen LogP contribution is -2.39. The van der Waals surface area contributed by atoms with Gasteiger partial charge in [-0.15, -0.1) is 0 Å². The van der Waals surface area contributed by atoms with Gasteiger partial charge in [0.25, 0.3) is 0 Å². The molecule has 23 heavy (non-hydrogen) atoms. The molecule has 0 saturated heterocycles. The summed E-state index contributed by atoms with van der Waals surface area (Å²) in [5.74, 6) is -0.859. The van der Waals surface area contributed by atoms with Gasteiger partial charge in [-0.2, -0.15) is 0 Å². The van der Waals surface area contributed by atoms with Crippen molar-refractivity contribution in [2.24, 2.45) is 0 Å². The van der Waals surface area contributed by atoms with Crippen molar-refractivity contribution in [3.05, 3.63) is 64.4 Å². The number of hydrogen-bond acceptors (Lipinski definition) is 3. The predicted molar refractivity (Wildman–Crippen MR) is 87.5 cm³/mol. The average molecular weight is 355 g/mol. The van der Waals surface area contributed by atoms with Gasteiger partial charge in [0.1, 0.15) is 10.7 Å². The number of benzene rings is 2. The molecule has 1 aliphatic rings. The van der Waals surface area contributed by atoms with Crippen LogP contribution in [0.4, 0.5) is 4.39 Å². The Morgan fingerprint density at radius 1 is 1.26 bits per heavy atom. The molecule has 1 unspecified atom stereocenters. The fourth-order valence-corrected chi connectivity index (χ4v) is 4.00. The third-order valence-electron chi connectivity index (χ3n) is 3.88. The predicted octanol–water partition coefficient (Wildman–Crippen LogP) is 2.64. The first-order chi connectivity index (χ1) is 11.0. The molecule has 1 aliphatic heterocycles. The van der Waals surface area contributed by atoms with Crippen LogP contribution in [0, 0.1) is 5.82 Å². The van der Waals surface area contributed by atoms with Crippen LogP contribution in [0.15, 0.2) is 47.4 Å². The Kier molecular flexibility index (Phi) is 4.68. The zero-order valence-corrected chi connectivity index (χ0v) is 13.8. The molecule has 4 nitrogen and oxygen atoms in total. The molecule has 0 aromatic heterocycles. The lowest BCUT2D eigenvalue weighted by molar-refractivity contribution is 0.489. The highest BCUT2D eigenvalue weighted by Crippen LogP contribution is 2.23. The highest BCUT2D eigenvalue weighted by Gasteiger charge is 2.24. The molecular formula is C16H16ClFN2O2S. The summed E-state index contributed by atoms with van der Waals surface area (Å²) in [5.41, 5.74) is 2.27. The maximum atomic E-state index is 13.8. The minimum absolute atomic E-state index is 0.134. The van der Waals surface area contributed by atoms with E-state index >= 15 is 0 Å². The Bertz CT molecular complexity index is 827. The van der Waals surface area contributed by atoms with Crippen molar-refractivity contribution < 1.29 is 12.8 Å². The van der Waals surface area contributed by atoms with E-state index in [2.05, 4.69) is 10.0 Å². The first kappa shape index (κ1) is 16.4. The van der Waals surface area contributed by atoms with Crippen molar-refractivity contribution >= 4 is 21.6 Å². The summed E-state index contributed by atoms with van der Waals surface area (Å²) in [6.07, 6.45) is 0.908. The van der Waals surface area contributed by atoms with E-state index in [0.717, 1.165) is 24.6 Å². The quantitative estimate of drug-likeness (QED) is 0.887. The first-order valence-electron chi connectivity index (χ1n) is 7.23. The van der Waals surface area contributed by atoms with Crippen LogP contribution in [0.3, 0.4) is 0 Å². The number of hydrogen-bond donors (Lipinski definition) is 2. The molecular weight excluding hydrogens is 339 g/mol. The number of sulfonamides is 1. The maximum absolute atomic E-state index is 13.8. The molecule has 0 fully saturated rings. The first-order valence-corrected chi connectivity index (χ1v) is 9.09. The number of fused-ring (bicyclic) bond motifs is 1. The van der Waals surface area contributed by atoms with Gasteiger partial charge in [-0.05, 0) is 42.3 Å². The van der Waals surface area contributed by atoms with E-state index in [-0.39, 0.29) is 17.6 Å². The zero-order chi connectivity index (χ0) is 16.4. The topological polar surface area (TPSA) is 58.2 Å². The van der Waals surface area contributed by atoms with Crippen molar-refractivity contribution in [1.29, 1.82) is 0 Å². The summed E-state index contributed by atoms with van der Waals surface area (Å²) in [7, 11) is -3.93. The molecule has 0 spiro atoms. The van der Waals surface area contributed by atoms with Crippen LogP contribution < -0.4 is 10.0 Å². The van der Waals surface area contributed by atoms with Crippen LogP contribution in [0.25, 0.3) is 0 Å². The number of nitrogens with one attached hydrogen (secondary N) is 2. The fraction of sp³-hybridized carbons (Fsp3) is 0.250. The summed E-state index contributed by atoms with van der Waals surface area (Å²) in [6, 6.07) is 11.3. The maximum Gasteiger partial charge on any atom is 0.243 e. The van der Waals surface area contributed by atoms with Crippen LogP contribution in [-0.4, -0.2) is 21.5 Å². The van der Waals surface area contributed by atoms with Crippen molar-refractivity contribution in [3.63, 3.8) is 0 Å². The lowest BCUT2D eigenvalue weighted by atomic mass is 9.95. The number of halogens is 2.